The summed E-state index contributed by atoms with van der Waals surface area (Å²) >= 11 is 1.98. The number of nitrogens with two attached hydrogens (primary N) is 1. The Morgan fingerprint density at radius 1 is 1.30 bits per heavy atom. The summed E-state index contributed by atoms with van der Waals surface area (Å²) in [5.74, 6) is 0. The van der Waals surface area contributed by atoms with Crippen molar-refractivity contribution < 1.29 is 0 Å². The van der Waals surface area contributed by atoms with E-state index in [1.54, 1.807) is 0 Å². The van der Waals surface area contributed by atoms with Gasteiger partial charge in [0.2, 0.25) is 0 Å². The number of rotatable bonds is 3. The van der Waals surface area contributed by atoms with Gasteiger partial charge in [-0.2, -0.15) is 11.8 Å². The third-order valence-corrected chi connectivity index (χ3v) is 5.13. The average molecular weight is 287 g/mol. The number of nitrogen functional groups attached to an aromatic ring is 1. The van der Waals surface area contributed by atoms with Gasteiger partial charge in [-0.25, -0.2) is 0 Å². The first-order valence-corrected chi connectivity index (χ1v) is 8.40. The first-order chi connectivity index (χ1) is 9.65. The van der Waals surface area contributed by atoms with Crippen LogP contribution in [0.3, 0.4) is 0 Å². The second-order valence-electron chi connectivity index (χ2n) is 5.60. The fraction of sp³-hybridized carbons (Fsp3) is 0.438. The van der Waals surface area contributed by atoms with E-state index in [0.29, 0.717) is 6.04 Å². The molecule has 1 aromatic heterocycles. The molecule has 0 radical (unpaired) electrons. The van der Waals surface area contributed by atoms with E-state index in [-0.39, 0.29) is 0 Å². The molecule has 2 unspecified atom stereocenters. The molecule has 3 nitrogen and oxygen atoms in total. The molecule has 2 aromatic rings. The monoisotopic (exact) mass is 287 g/mol. The van der Waals surface area contributed by atoms with Gasteiger partial charge in [0.15, 0.2) is 0 Å². The molecule has 4 heteroatoms. The van der Waals surface area contributed by atoms with E-state index in [1.165, 1.54) is 24.9 Å². The van der Waals surface area contributed by atoms with Crippen molar-refractivity contribution in [2.24, 2.45) is 0 Å². The molecule has 3 N–H and O–H groups in total. The van der Waals surface area contributed by atoms with Crippen molar-refractivity contribution in [1.82, 2.24) is 4.98 Å². The van der Waals surface area contributed by atoms with Crippen LogP contribution in [0, 0.1) is 6.92 Å². The van der Waals surface area contributed by atoms with Crippen molar-refractivity contribution in [3.63, 3.8) is 0 Å². The normalized spacial score (nSPS) is 22.3. The summed E-state index contributed by atoms with van der Waals surface area (Å²) < 4.78 is 0. The number of aromatic nitrogens is 1. The van der Waals surface area contributed by atoms with Crippen LogP contribution in [-0.4, -0.2) is 22.5 Å². The molecular weight excluding hydrogens is 266 g/mol. The highest BCUT2D eigenvalue weighted by molar-refractivity contribution is 7.99. The predicted octanol–water partition coefficient (Wildman–Crippen LogP) is 3.82. The van der Waals surface area contributed by atoms with Crippen LogP contribution >= 0.6 is 11.8 Å². The van der Waals surface area contributed by atoms with Crippen LogP contribution in [0.5, 0.6) is 0 Å². The van der Waals surface area contributed by atoms with Crippen molar-refractivity contribution >= 4 is 34.0 Å². The van der Waals surface area contributed by atoms with E-state index in [1.807, 2.05) is 36.9 Å². The first kappa shape index (κ1) is 13.6. The van der Waals surface area contributed by atoms with Crippen LogP contribution in [0.4, 0.5) is 11.4 Å². The van der Waals surface area contributed by atoms with Crippen LogP contribution in [0.1, 0.15) is 25.0 Å². The summed E-state index contributed by atoms with van der Waals surface area (Å²) in [7, 11) is 0. The molecule has 2 atom stereocenters. The summed E-state index contributed by atoms with van der Waals surface area (Å²) in [6.45, 7) is 2.04. The van der Waals surface area contributed by atoms with Gasteiger partial charge in [-0.15, -0.1) is 0 Å². The Bertz CT molecular complexity index is 626. The highest BCUT2D eigenvalue weighted by Crippen LogP contribution is 2.32. The Hall–Kier alpha value is -1.42. The van der Waals surface area contributed by atoms with Gasteiger partial charge in [0.25, 0.3) is 0 Å². The second kappa shape index (κ2) is 5.52. The molecule has 1 aliphatic carbocycles. The highest BCUT2D eigenvalue weighted by atomic mass is 32.2. The number of anilines is 2. The minimum atomic E-state index is 0.568. The lowest BCUT2D eigenvalue weighted by molar-refractivity contribution is 0.758. The fourth-order valence-electron chi connectivity index (χ4n) is 3.00. The number of thioether (sulfide) groups is 1. The van der Waals surface area contributed by atoms with E-state index in [2.05, 4.69) is 22.6 Å². The number of nitrogens with one attached hydrogen (secondary N) is 1. The molecule has 0 bridgehead atoms. The molecule has 1 saturated carbocycles. The Morgan fingerprint density at radius 3 is 2.90 bits per heavy atom. The maximum atomic E-state index is 5.92. The van der Waals surface area contributed by atoms with Crippen molar-refractivity contribution in [2.45, 2.75) is 37.5 Å². The molecule has 3 rings (SSSR count). The lowest BCUT2D eigenvalue weighted by atomic mass is 10.1. The number of hydrogen-bond acceptors (Lipinski definition) is 4. The number of nitrogens with zero attached hydrogens (tertiary/aromatic N) is 1. The van der Waals surface area contributed by atoms with Crippen LogP contribution in [-0.2, 0) is 0 Å². The molecule has 20 heavy (non-hydrogen) atoms. The van der Waals surface area contributed by atoms with Crippen molar-refractivity contribution in [2.75, 3.05) is 17.3 Å². The second-order valence-corrected chi connectivity index (χ2v) is 6.74. The predicted molar refractivity (Wildman–Crippen MR) is 89.5 cm³/mol. The Kier molecular flexibility index (Phi) is 3.74. The molecule has 106 valence electrons. The van der Waals surface area contributed by atoms with Gasteiger partial charge in [0.05, 0.1) is 5.52 Å². The quantitative estimate of drug-likeness (QED) is 0.843. The highest BCUT2D eigenvalue weighted by Gasteiger charge is 2.24. The van der Waals surface area contributed by atoms with Gasteiger partial charge in [0, 0.05) is 33.7 Å². The zero-order valence-electron chi connectivity index (χ0n) is 12.0. The van der Waals surface area contributed by atoms with E-state index in [9.17, 15) is 0 Å². The lowest BCUT2D eigenvalue weighted by Gasteiger charge is -2.17. The van der Waals surface area contributed by atoms with Gasteiger partial charge in [-0.1, -0.05) is 0 Å². The molecule has 0 amide bonds. The SMILES string of the molecule is CSC1CCC(Nc2cc(C)nc3ccc(N)cc23)C1. The summed E-state index contributed by atoms with van der Waals surface area (Å²) in [4.78, 5) is 4.58. The topological polar surface area (TPSA) is 50.9 Å². The third-order valence-electron chi connectivity index (χ3n) is 4.04. The summed E-state index contributed by atoms with van der Waals surface area (Å²) in [5.41, 5.74) is 9.95. The van der Waals surface area contributed by atoms with Crippen molar-refractivity contribution in [3.05, 3.63) is 30.0 Å². The van der Waals surface area contributed by atoms with Crippen LogP contribution < -0.4 is 11.1 Å². The molecule has 0 saturated heterocycles. The number of pyridine rings is 1. The lowest BCUT2D eigenvalue weighted by Crippen LogP contribution is -2.16. The minimum absolute atomic E-state index is 0.568. The van der Waals surface area contributed by atoms with E-state index in [0.717, 1.165) is 27.5 Å². The number of fused-ring (bicyclic) bond motifs is 1. The third kappa shape index (κ3) is 2.70. The molecule has 0 aliphatic heterocycles. The summed E-state index contributed by atoms with van der Waals surface area (Å²) in [5, 5.41) is 5.63. The van der Waals surface area contributed by atoms with Crippen LogP contribution in [0.15, 0.2) is 24.3 Å². The van der Waals surface area contributed by atoms with Gasteiger partial charge in [0.1, 0.15) is 0 Å². The summed E-state index contributed by atoms with van der Waals surface area (Å²) in [6.07, 6.45) is 6.01. The van der Waals surface area contributed by atoms with Gasteiger partial charge in [-0.05, 0) is 56.7 Å². The minimum Gasteiger partial charge on any atom is -0.399 e. The molecule has 1 heterocycles. The number of hydrogen-bond donors (Lipinski definition) is 2. The Labute approximate surface area is 124 Å². The van der Waals surface area contributed by atoms with Crippen LogP contribution in [0.25, 0.3) is 10.9 Å². The smallest absolute Gasteiger partial charge is 0.0727 e. The average Bonchev–Trinajstić information content (AvgIpc) is 2.87. The molecule has 1 aromatic carbocycles. The molecule has 1 fully saturated rings. The van der Waals surface area contributed by atoms with E-state index in [4.69, 9.17) is 5.73 Å². The maximum Gasteiger partial charge on any atom is 0.0727 e. The van der Waals surface area contributed by atoms with Gasteiger partial charge in [-0.3, -0.25) is 4.98 Å². The largest absolute Gasteiger partial charge is 0.399 e. The zero-order chi connectivity index (χ0) is 14.1. The Morgan fingerprint density at radius 2 is 2.15 bits per heavy atom. The number of aryl methyl sites for hydroxylation is 1. The van der Waals surface area contributed by atoms with Gasteiger partial charge < -0.3 is 11.1 Å². The standard InChI is InChI=1S/C16H21N3S/c1-10-7-16(19-12-4-5-13(9-12)20-2)14-8-11(17)3-6-15(14)18-10/h3,6-8,12-13H,4-5,9,17H2,1-2H3,(H,18,19). The maximum absolute atomic E-state index is 5.92. The van der Waals surface area contributed by atoms with Crippen molar-refractivity contribution in [3.8, 4) is 0 Å². The Balaban J connectivity index is 1.92. The van der Waals surface area contributed by atoms with Crippen molar-refractivity contribution in [1.29, 1.82) is 0 Å². The number of benzene rings is 1. The van der Waals surface area contributed by atoms with E-state index < -0.39 is 0 Å². The molecular formula is C16H21N3S. The van der Waals surface area contributed by atoms with Crippen LogP contribution in [0.2, 0.25) is 0 Å². The fourth-order valence-corrected chi connectivity index (χ4v) is 3.80. The zero-order valence-corrected chi connectivity index (χ0v) is 12.8. The van der Waals surface area contributed by atoms with E-state index >= 15 is 0 Å². The van der Waals surface area contributed by atoms with Gasteiger partial charge >= 0.3 is 0 Å². The first-order valence-electron chi connectivity index (χ1n) is 7.12. The molecule has 1 aliphatic rings. The molecule has 0 spiro atoms. The summed E-state index contributed by atoms with van der Waals surface area (Å²) in [6, 6.07) is 8.64.